The van der Waals surface area contributed by atoms with Gasteiger partial charge in [-0.3, -0.25) is 9.59 Å². The van der Waals surface area contributed by atoms with E-state index < -0.39 is 0 Å². The molecule has 20 heavy (non-hydrogen) atoms. The monoisotopic (exact) mass is 277 g/mol. The summed E-state index contributed by atoms with van der Waals surface area (Å²) in [6.45, 7) is 2.75. The first-order chi connectivity index (χ1) is 9.69. The van der Waals surface area contributed by atoms with Crippen molar-refractivity contribution in [2.24, 2.45) is 0 Å². The maximum absolute atomic E-state index is 12.0. The fourth-order valence-electron chi connectivity index (χ4n) is 2.06. The number of carbonyl (C=O) groups is 2. The second-order valence-corrected chi connectivity index (χ2v) is 4.69. The summed E-state index contributed by atoms with van der Waals surface area (Å²) in [7, 11) is 0. The summed E-state index contributed by atoms with van der Waals surface area (Å²) in [4.78, 5) is 26.0. The number of nitrogen functional groups attached to an aromatic ring is 1. The SMILES string of the molecule is Nc1ccc(OCCC(=O)N2CCN(C=O)CC2)cc1. The highest BCUT2D eigenvalue weighted by Gasteiger charge is 2.19. The van der Waals surface area contributed by atoms with Crippen LogP contribution in [0.25, 0.3) is 0 Å². The predicted octanol–water partition coefficient (Wildman–Crippen LogP) is 0.338. The number of hydrogen-bond acceptors (Lipinski definition) is 4. The van der Waals surface area contributed by atoms with Gasteiger partial charge in [0.15, 0.2) is 0 Å². The molecule has 0 spiro atoms. The number of rotatable bonds is 5. The Labute approximate surface area is 118 Å². The van der Waals surface area contributed by atoms with Gasteiger partial charge < -0.3 is 20.3 Å². The molecule has 0 aromatic heterocycles. The molecule has 1 fully saturated rings. The fourth-order valence-corrected chi connectivity index (χ4v) is 2.06. The quantitative estimate of drug-likeness (QED) is 0.622. The highest BCUT2D eigenvalue weighted by Crippen LogP contribution is 2.13. The van der Waals surface area contributed by atoms with Crippen molar-refractivity contribution in [3.63, 3.8) is 0 Å². The van der Waals surface area contributed by atoms with Crippen LogP contribution in [-0.4, -0.2) is 54.9 Å². The second kappa shape index (κ2) is 6.79. The number of piperazine rings is 1. The normalized spacial score (nSPS) is 15.0. The van der Waals surface area contributed by atoms with Gasteiger partial charge in [0.25, 0.3) is 0 Å². The van der Waals surface area contributed by atoms with E-state index in [1.54, 1.807) is 34.1 Å². The van der Waals surface area contributed by atoms with Crippen LogP contribution < -0.4 is 10.5 Å². The Balaban J connectivity index is 1.70. The van der Waals surface area contributed by atoms with Crippen LogP contribution in [0, 0.1) is 0 Å². The van der Waals surface area contributed by atoms with Crippen molar-refractivity contribution in [2.75, 3.05) is 38.5 Å². The van der Waals surface area contributed by atoms with Gasteiger partial charge in [-0.15, -0.1) is 0 Å². The van der Waals surface area contributed by atoms with E-state index in [4.69, 9.17) is 10.5 Å². The van der Waals surface area contributed by atoms with Crippen LogP contribution >= 0.6 is 0 Å². The van der Waals surface area contributed by atoms with Crippen LogP contribution in [0.5, 0.6) is 5.75 Å². The van der Waals surface area contributed by atoms with Gasteiger partial charge in [-0.25, -0.2) is 0 Å². The molecule has 0 atom stereocenters. The lowest BCUT2D eigenvalue weighted by Crippen LogP contribution is -2.48. The predicted molar refractivity (Wildman–Crippen MR) is 75.2 cm³/mol. The van der Waals surface area contributed by atoms with Crippen molar-refractivity contribution < 1.29 is 14.3 Å². The number of hydrogen-bond donors (Lipinski definition) is 1. The number of anilines is 1. The zero-order valence-corrected chi connectivity index (χ0v) is 11.3. The number of benzene rings is 1. The third kappa shape index (κ3) is 3.88. The second-order valence-electron chi connectivity index (χ2n) is 4.69. The summed E-state index contributed by atoms with van der Waals surface area (Å²) in [5.74, 6) is 0.767. The third-order valence-corrected chi connectivity index (χ3v) is 3.28. The van der Waals surface area contributed by atoms with Crippen LogP contribution in [0.4, 0.5) is 5.69 Å². The molecule has 2 amide bonds. The fraction of sp³-hybridized carbons (Fsp3) is 0.429. The average Bonchev–Trinajstić information content (AvgIpc) is 2.49. The highest BCUT2D eigenvalue weighted by molar-refractivity contribution is 5.76. The van der Waals surface area contributed by atoms with Crippen molar-refractivity contribution in [1.29, 1.82) is 0 Å². The summed E-state index contributed by atoms with van der Waals surface area (Å²) < 4.78 is 5.50. The minimum Gasteiger partial charge on any atom is -0.493 e. The molecular weight excluding hydrogens is 258 g/mol. The van der Waals surface area contributed by atoms with Gasteiger partial charge in [0.1, 0.15) is 5.75 Å². The van der Waals surface area contributed by atoms with E-state index in [1.807, 2.05) is 0 Å². The molecule has 2 rings (SSSR count). The number of ether oxygens (including phenoxy) is 1. The Morgan fingerprint density at radius 1 is 1.20 bits per heavy atom. The van der Waals surface area contributed by atoms with Crippen molar-refractivity contribution in [2.45, 2.75) is 6.42 Å². The Morgan fingerprint density at radius 2 is 1.85 bits per heavy atom. The summed E-state index contributed by atoms with van der Waals surface area (Å²) in [5.41, 5.74) is 6.26. The third-order valence-electron chi connectivity index (χ3n) is 3.28. The van der Waals surface area contributed by atoms with E-state index in [1.165, 1.54) is 0 Å². The molecule has 2 N–H and O–H groups in total. The molecule has 0 aliphatic carbocycles. The van der Waals surface area contributed by atoms with Crippen LogP contribution in [0.1, 0.15) is 6.42 Å². The maximum atomic E-state index is 12.0. The minimum atomic E-state index is 0.0611. The smallest absolute Gasteiger partial charge is 0.226 e. The van der Waals surface area contributed by atoms with Gasteiger partial charge in [-0.2, -0.15) is 0 Å². The first kappa shape index (κ1) is 14.2. The number of carbonyl (C=O) groups excluding carboxylic acids is 2. The zero-order chi connectivity index (χ0) is 14.4. The molecule has 0 unspecified atom stereocenters. The van der Waals surface area contributed by atoms with Gasteiger partial charge in [-0.05, 0) is 24.3 Å². The molecule has 1 aromatic carbocycles. The summed E-state index contributed by atoms with van der Waals surface area (Å²) in [5, 5.41) is 0. The molecule has 1 aliphatic heterocycles. The maximum Gasteiger partial charge on any atom is 0.226 e. The van der Waals surface area contributed by atoms with Crippen molar-refractivity contribution in [3.05, 3.63) is 24.3 Å². The average molecular weight is 277 g/mol. The van der Waals surface area contributed by atoms with Crippen LogP contribution in [0.3, 0.4) is 0 Å². The lowest BCUT2D eigenvalue weighted by Gasteiger charge is -2.32. The summed E-state index contributed by atoms with van der Waals surface area (Å²) in [6, 6.07) is 7.08. The van der Waals surface area contributed by atoms with Gasteiger partial charge in [-0.1, -0.05) is 0 Å². The highest BCUT2D eigenvalue weighted by atomic mass is 16.5. The first-order valence-corrected chi connectivity index (χ1v) is 6.64. The Morgan fingerprint density at radius 3 is 2.45 bits per heavy atom. The largest absolute Gasteiger partial charge is 0.493 e. The number of nitrogens with zero attached hydrogens (tertiary/aromatic N) is 2. The molecule has 0 bridgehead atoms. The molecule has 0 saturated carbocycles. The van der Waals surface area contributed by atoms with Crippen molar-refractivity contribution in [3.8, 4) is 5.75 Å². The van der Waals surface area contributed by atoms with Gasteiger partial charge in [0.2, 0.25) is 12.3 Å². The molecule has 1 heterocycles. The van der Waals surface area contributed by atoms with E-state index in [2.05, 4.69) is 0 Å². The standard InChI is InChI=1S/C14H19N3O3/c15-12-1-3-13(4-2-12)20-10-5-14(19)17-8-6-16(11-18)7-9-17/h1-4,11H,5-10,15H2. The zero-order valence-electron chi connectivity index (χ0n) is 11.3. The van der Waals surface area contributed by atoms with Gasteiger partial charge in [0.05, 0.1) is 13.0 Å². The lowest BCUT2D eigenvalue weighted by atomic mass is 10.3. The molecule has 1 aromatic rings. The minimum absolute atomic E-state index is 0.0611. The van der Waals surface area contributed by atoms with Crippen molar-refractivity contribution >= 4 is 18.0 Å². The molecular formula is C14H19N3O3. The van der Waals surface area contributed by atoms with E-state index in [9.17, 15) is 9.59 Å². The molecule has 1 saturated heterocycles. The van der Waals surface area contributed by atoms with Crippen LogP contribution in [0.15, 0.2) is 24.3 Å². The Kier molecular flexibility index (Phi) is 4.81. The van der Waals surface area contributed by atoms with Gasteiger partial charge >= 0.3 is 0 Å². The number of amides is 2. The molecule has 0 radical (unpaired) electrons. The van der Waals surface area contributed by atoms with E-state index in [-0.39, 0.29) is 5.91 Å². The van der Waals surface area contributed by atoms with Crippen LogP contribution in [0.2, 0.25) is 0 Å². The molecule has 6 nitrogen and oxygen atoms in total. The topological polar surface area (TPSA) is 75.9 Å². The van der Waals surface area contributed by atoms with Crippen molar-refractivity contribution in [1.82, 2.24) is 9.80 Å². The van der Waals surface area contributed by atoms with E-state index in [0.29, 0.717) is 50.6 Å². The molecule has 108 valence electrons. The first-order valence-electron chi connectivity index (χ1n) is 6.64. The van der Waals surface area contributed by atoms with E-state index in [0.717, 1.165) is 6.41 Å². The summed E-state index contributed by atoms with van der Waals surface area (Å²) in [6.07, 6.45) is 1.16. The number of nitrogens with two attached hydrogens (primary N) is 1. The van der Waals surface area contributed by atoms with Crippen LogP contribution in [-0.2, 0) is 9.59 Å². The van der Waals surface area contributed by atoms with E-state index >= 15 is 0 Å². The lowest BCUT2D eigenvalue weighted by molar-refractivity contribution is -0.135. The Bertz CT molecular complexity index is 453. The summed E-state index contributed by atoms with van der Waals surface area (Å²) >= 11 is 0. The van der Waals surface area contributed by atoms with Gasteiger partial charge in [0, 0.05) is 31.9 Å². The molecule has 6 heteroatoms. The molecule has 1 aliphatic rings. The Hall–Kier alpha value is -2.24.